The summed E-state index contributed by atoms with van der Waals surface area (Å²) < 4.78 is 0. The zero-order valence-electron chi connectivity index (χ0n) is 11.8. The molecule has 19 heavy (non-hydrogen) atoms. The highest BCUT2D eigenvalue weighted by Gasteiger charge is 2.27. The van der Waals surface area contributed by atoms with E-state index in [1.807, 2.05) is 0 Å². The Morgan fingerprint density at radius 2 is 2.00 bits per heavy atom. The highest BCUT2D eigenvalue weighted by atomic mass is 15.2. The first-order valence-electron chi connectivity index (χ1n) is 7.64. The van der Waals surface area contributed by atoms with Gasteiger partial charge in [0.2, 0.25) is 0 Å². The molecule has 1 aromatic rings. The zero-order chi connectivity index (χ0) is 13.2. The Morgan fingerprint density at radius 3 is 2.74 bits per heavy atom. The van der Waals surface area contributed by atoms with Crippen molar-refractivity contribution in [2.24, 2.45) is 5.73 Å². The van der Waals surface area contributed by atoms with Gasteiger partial charge >= 0.3 is 0 Å². The van der Waals surface area contributed by atoms with Crippen molar-refractivity contribution in [1.82, 2.24) is 9.97 Å². The molecule has 0 amide bonds. The van der Waals surface area contributed by atoms with Crippen molar-refractivity contribution in [3.8, 4) is 0 Å². The second-order valence-corrected chi connectivity index (χ2v) is 5.83. The number of fused-ring (bicyclic) bond motifs is 1. The summed E-state index contributed by atoms with van der Waals surface area (Å²) in [6.45, 7) is 3.27. The van der Waals surface area contributed by atoms with Gasteiger partial charge in [0.15, 0.2) is 0 Å². The van der Waals surface area contributed by atoms with Crippen LogP contribution >= 0.6 is 0 Å². The van der Waals surface area contributed by atoms with Crippen LogP contribution in [0, 0.1) is 0 Å². The third kappa shape index (κ3) is 2.46. The van der Waals surface area contributed by atoms with Crippen LogP contribution in [0.5, 0.6) is 0 Å². The minimum atomic E-state index is 0.408. The lowest BCUT2D eigenvalue weighted by Crippen LogP contribution is -2.41. The molecule has 0 saturated heterocycles. The molecule has 1 heterocycles. The molecule has 0 bridgehead atoms. The Morgan fingerprint density at radius 1 is 1.21 bits per heavy atom. The van der Waals surface area contributed by atoms with Crippen molar-refractivity contribution < 1.29 is 0 Å². The predicted octanol–water partition coefficient (Wildman–Crippen LogP) is 2.06. The second kappa shape index (κ2) is 5.45. The molecule has 0 radical (unpaired) electrons. The zero-order valence-corrected chi connectivity index (χ0v) is 11.8. The number of nitrogens with zero attached hydrogens (tertiary/aromatic N) is 3. The largest absolute Gasteiger partial charge is 0.354 e. The molecule has 2 aliphatic carbocycles. The smallest absolute Gasteiger partial charge is 0.135 e. The lowest BCUT2D eigenvalue weighted by molar-refractivity contribution is 0.376. The number of aryl methyl sites for hydroxylation is 1. The molecule has 3 rings (SSSR count). The maximum absolute atomic E-state index is 6.02. The molecule has 2 N–H and O–H groups in total. The molecule has 104 valence electrons. The van der Waals surface area contributed by atoms with E-state index in [0.29, 0.717) is 12.1 Å². The summed E-state index contributed by atoms with van der Waals surface area (Å²) in [6.07, 6.45) is 9.95. The molecule has 4 nitrogen and oxygen atoms in total. The average Bonchev–Trinajstić information content (AvgIpc) is 2.91. The van der Waals surface area contributed by atoms with E-state index in [1.165, 1.54) is 36.3 Å². The number of rotatable bonds is 3. The normalized spacial score (nSPS) is 26.2. The van der Waals surface area contributed by atoms with E-state index in [1.54, 1.807) is 6.33 Å². The van der Waals surface area contributed by atoms with Gasteiger partial charge in [-0.25, -0.2) is 9.97 Å². The Bertz CT molecular complexity index is 438. The van der Waals surface area contributed by atoms with Crippen LogP contribution in [-0.4, -0.2) is 28.6 Å². The summed E-state index contributed by atoms with van der Waals surface area (Å²) in [5.41, 5.74) is 8.70. The fraction of sp³-hybridized carbons (Fsp3) is 0.733. The van der Waals surface area contributed by atoms with Crippen LogP contribution in [-0.2, 0) is 12.8 Å². The summed E-state index contributed by atoms with van der Waals surface area (Å²) in [4.78, 5) is 11.5. The molecular weight excluding hydrogens is 236 g/mol. The number of nitrogens with two attached hydrogens (primary N) is 1. The lowest BCUT2D eigenvalue weighted by atomic mass is 9.90. The lowest BCUT2D eigenvalue weighted by Gasteiger charge is -2.37. The van der Waals surface area contributed by atoms with Crippen LogP contribution in [0.4, 0.5) is 5.82 Å². The van der Waals surface area contributed by atoms with Gasteiger partial charge in [-0.3, -0.25) is 0 Å². The summed E-state index contributed by atoms with van der Waals surface area (Å²) in [6, 6.07) is 1.02. The van der Waals surface area contributed by atoms with Crippen LogP contribution in [0.25, 0.3) is 0 Å². The van der Waals surface area contributed by atoms with Crippen molar-refractivity contribution in [2.75, 3.05) is 11.4 Å². The van der Waals surface area contributed by atoms with Crippen molar-refractivity contribution >= 4 is 5.82 Å². The molecule has 1 fully saturated rings. The second-order valence-electron chi connectivity index (χ2n) is 5.83. The van der Waals surface area contributed by atoms with E-state index in [0.717, 1.165) is 32.2 Å². The molecule has 0 aliphatic heterocycles. The third-order valence-corrected chi connectivity index (χ3v) is 4.65. The average molecular weight is 260 g/mol. The van der Waals surface area contributed by atoms with Crippen LogP contribution in [0.2, 0.25) is 0 Å². The topological polar surface area (TPSA) is 55.0 Å². The van der Waals surface area contributed by atoms with Crippen LogP contribution in [0.1, 0.15) is 50.3 Å². The monoisotopic (exact) mass is 260 g/mol. The van der Waals surface area contributed by atoms with Crippen molar-refractivity contribution in [3.63, 3.8) is 0 Å². The molecule has 0 aromatic carbocycles. The van der Waals surface area contributed by atoms with Crippen LogP contribution < -0.4 is 10.6 Å². The minimum Gasteiger partial charge on any atom is -0.354 e. The first-order chi connectivity index (χ1) is 9.29. The fourth-order valence-corrected chi connectivity index (χ4v) is 3.58. The van der Waals surface area contributed by atoms with E-state index < -0.39 is 0 Å². The predicted molar refractivity (Wildman–Crippen MR) is 77.3 cm³/mol. The van der Waals surface area contributed by atoms with Gasteiger partial charge in [-0.15, -0.1) is 0 Å². The molecular formula is C15H24N4. The molecule has 0 atom stereocenters. The van der Waals surface area contributed by atoms with Gasteiger partial charge in [0.25, 0.3) is 0 Å². The van der Waals surface area contributed by atoms with Crippen LogP contribution in [0.15, 0.2) is 6.33 Å². The Kier molecular flexibility index (Phi) is 3.69. The summed E-state index contributed by atoms with van der Waals surface area (Å²) >= 11 is 0. The quantitative estimate of drug-likeness (QED) is 0.904. The Balaban J connectivity index is 1.84. The van der Waals surface area contributed by atoms with Gasteiger partial charge in [-0.2, -0.15) is 0 Å². The van der Waals surface area contributed by atoms with E-state index in [-0.39, 0.29) is 0 Å². The fourth-order valence-electron chi connectivity index (χ4n) is 3.58. The maximum Gasteiger partial charge on any atom is 0.135 e. The number of hydrogen-bond donors (Lipinski definition) is 1. The summed E-state index contributed by atoms with van der Waals surface area (Å²) in [5, 5.41) is 0. The van der Waals surface area contributed by atoms with E-state index in [9.17, 15) is 0 Å². The van der Waals surface area contributed by atoms with Gasteiger partial charge in [0.05, 0.1) is 0 Å². The van der Waals surface area contributed by atoms with E-state index in [2.05, 4.69) is 21.8 Å². The van der Waals surface area contributed by atoms with Crippen molar-refractivity contribution in [3.05, 3.63) is 17.6 Å². The highest BCUT2D eigenvalue weighted by molar-refractivity contribution is 5.51. The molecule has 4 heteroatoms. The first-order valence-corrected chi connectivity index (χ1v) is 7.64. The van der Waals surface area contributed by atoms with Gasteiger partial charge < -0.3 is 10.6 Å². The van der Waals surface area contributed by atoms with Crippen LogP contribution in [0.3, 0.4) is 0 Å². The number of anilines is 1. The van der Waals surface area contributed by atoms with Crippen molar-refractivity contribution in [1.29, 1.82) is 0 Å². The maximum atomic E-state index is 6.02. The molecule has 2 aliphatic rings. The first kappa shape index (κ1) is 12.9. The SMILES string of the molecule is CCN(c1ncnc2c1CCC2)C1CCC(N)CC1. The molecule has 1 aromatic heterocycles. The molecule has 1 saturated carbocycles. The third-order valence-electron chi connectivity index (χ3n) is 4.65. The van der Waals surface area contributed by atoms with Gasteiger partial charge in [0.1, 0.15) is 12.1 Å². The molecule has 0 spiro atoms. The Labute approximate surface area is 115 Å². The standard InChI is InChI=1S/C15H24N4/c1-2-19(12-8-6-11(16)7-9-12)15-13-4-3-5-14(13)17-10-18-15/h10-12H,2-9,16H2,1H3. The Hall–Kier alpha value is -1.16. The minimum absolute atomic E-state index is 0.408. The summed E-state index contributed by atoms with van der Waals surface area (Å²) in [5.74, 6) is 1.20. The summed E-state index contributed by atoms with van der Waals surface area (Å²) in [7, 11) is 0. The number of hydrogen-bond acceptors (Lipinski definition) is 4. The highest BCUT2D eigenvalue weighted by Crippen LogP contribution is 2.32. The van der Waals surface area contributed by atoms with Gasteiger partial charge in [-0.1, -0.05) is 0 Å². The molecule has 0 unspecified atom stereocenters. The van der Waals surface area contributed by atoms with Gasteiger partial charge in [0, 0.05) is 29.9 Å². The van der Waals surface area contributed by atoms with E-state index >= 15 is 0 Å². The van der Waals surface area contributed by atoms with Crippen molar-refractivity contribution in [2.45, 2.75) is 64.0 Å². The number of aromatic nitrogens is 2. The van der Waals surface area contributed by atoms with Gasteiger partial charge in [-0.05, 0) is 51.9 Å². The van der Waals surface area contributed by atoms with E-state index in [4.69, 9.17) is 5.73 Å².